The summed E-state index contributed by atoms with van der Waals surface area (Å²) in [4.78, 5) is 0. The maximum absolute atomic E-state index is 3.39. The standard InChI is InChI=1S/C17H19N/c1-13-9-10-14(2)17(11-13)18-12-15(3)16-7-5-4-6-8-16/h4-12,18H,1-3H3/b15-12+. The fourth-order valence-corrected chi connectivity index (χ4v) is 1.86. The minimum absolute atomic E-state index is 1.17. The van der Waals surface area contributed by atoms with Crippen molar-refractivity contribution in [2.24, 2.45) is 0 Å². The summed E-state index contributed by atoms with van der Waals surface area (Å²) in [6.07, 6.45) is 2.07. The van der Waals surface area contributed by atoms with E-state index in [4.69, 9.17) is 0 Å². The van der Waals surface area contributed by atoms with Gasteiger partial charge < -0.3 is 5.32 Å². The lowest BCUT2D eigenvalue weighted by molar-refractivity contribution is 1.37. The zero-order valence-electron chi connectivity index (χ0n) is 11.2. The molecule has 0 saturated heterocycles. The van der Waals surface area contributed by atoms with Gasteiger partial charge in [0, 0.05) is 11.9 Å². The SMILES string of the molecule is C/C(=C\Nc1cc(C)ccc1C)c1ccccc1. The summed E-state index contributed by atoms with van der Waals surface area (Å²) in [5.41, 5.74) is 6.18. The largest absolute Gasteiger partial charge is 0.361 e. The summed E-state index contributed by atoms with van der Waals surface area (Å²) < 4.78 is 0. The maximum atomic E-state index is 3.39. The molecule has 0 heterocycles. The zero-order valence-corrected chi connectivity index (χ0v) is 11.2. The van der Waals surface area contributed by atoms with Crippen molar-refractivity contribution >= 4 is 11.3 Å². The maximum Gasteiger partial charge on any atom is 0.0412 e. The Hall–Kier alpha value is -2.02. The molecule has 92 valence electrons. The zero-order chi connectivity index (χ0) is 13.0. The van der Waals surface area contributed by atoms with Crippen molar-refractivity contribution in [2.45, 2.75) is 20.8 Å². The van der Waals surface area contributed by atoms with Crippen LogP contribution in [0.5, 0.6) is 0 Å². The molecular weight excluding hydrogens is 218 g/mol. The molecule has 0 saturated carbocycles. The first-order valence-corrected chi connectivity index (χ1v) is 6.23. The number of nitrogens with one attached hydrogen (secondary N) is 1. The summed E-state index contributed by atoms with van der Waals surface area (Å²) in [6.45, 7) is 6.35. The van der Waals surface area contributed by atoms with Crippen molar-refractivity contribution in [2.75, 3.05) is 5.32 Å². The molecule has 0 aromatic heterocycles. The third-order valence-corrected chi connectivity index (χ3v) is 3.07. The van der Waals surface area contributed by atoms with Crippen LogP contribution in [0.25, 0.3) is 5.57 Å². The van der Waals surface area contributed by atoms with E-state index in [1.54, 1.807) is 0 Å². The molecule has 0 atom stereocenters. The third kappa shape index (κ3) is 3.01. The second-order valence-corrected chi connectivity index (χ2v) is 4.66. The van der Waals surface area contributed by atoms with Gasteiger partial charge in [-0.1, -0.05) is 42.5 Å². The van der Waals surface area contributed by atoms with Crippen LogP contribution in [0.2, 0.25) is 0 Å². The molecule has 0 aliphatic carbocycles. The molecule has 0 bridgehead atoms. The van der Waals surface area contributed by atoms with Gasteiger partial charge in [-0.05, 0) is 49.1 Å². The summed E-state index contributed by atoms with van der Waals surface area (Å²) in [5.74, 6) is 0. The van der Waals surface area contributed by atoms with Crippen LogP contribution in [-0.4, -0.2) is 0 Å². The average Bonchev–Trinajstić information content (AvgIpc) is 2.40. The predicted molar refractivity (Wildman–Crippen MR) is 79.6 cm³/mol. The average molecular weight is 237 g/mol. The molecule has 1 N–H and O–H groups in total. The van der Waals surface area contributed by atoms with Crippen LogP contribution < -0.4 is 5.32 Å². The Morgan fingerprint density at radius 2 is 1.72 bits per heavy atom. The summed E-state index contributed by atoms with van der Waals surface area (Å²) >= 11 is 0. The minimum Gasteiger partial charge on any atom is -0.361 e. The summed E-state index contributed by atoms with van der Waals surface area (Å²) in [6, 6.07) is 16.8. The third-order valence-electron chi connectivity index (χ3n) is 3.07. The Morgan fingerprint density at radius 1 is 1.00 bits per heavy atom. The Labute approximate surface area is 109 Å². The molecule has 0 radical (unpaired) electrons. The Kier molecular flexibility index (Phi) is 3.83. The second-order valence-electron chi connectivity index (χ2n) is 4.66. The van der Waals surface area contributed by atoms with Gasteiger partial charge in [0.1, 0.15) is 0 Å². The number of hydrogen-bond acceptors (Lipinski definition) is 1. The first-order chi connectivity index (χ1) is 8.66. The van der Waals surface area contributed by atoms with Crippen molar-refractivity contribution in [1.82, 2.24) is 0 Å². The lowest BCUT2D eigenvalue weighted by atomic mass is 10.1. The van der Waals surface area contributed by atoms with Crippen LogP contribution in [0, 0.1) is 13.8 Å². The minimum atomic E-state index is 1.17. The van der Waals surface area contributed by atoms with Crippen LogP contribution in [0.15, 0.2) is 54.7 Å². The van der Waals surface area contributed by atoms with E-state index in [2.05, 4.69) is 74.8 Å². The quantitative estimate of drug-likeness (QED) is 0.810. The fourth-order valence-electron chi connectivity index (χ4n) is 1.86. The molecule has 2 aromatic rings. The van der Waals surface area contributed by atoms with E-state index >= 15 is 0 Å². The van der Waals surface area contributed by atoms with Crippen molar-refractivity contribution < 1.29 is 0 Å². The number of hydrogen-bond donors (Lipinski definition) is 1. The molecule has 1 heteroatoms. The van der Waals surface area contributed by atoms with Crippen LogP contribution in [0.1, 0.15) is 23.6 Å². The van der Waals surface area contributed by atoms with Gasteiger partial charge in [-0.15, -0.1) is 0 Å². The van der Waals surface area contributed by atoms with Crippen LogP contribution in [0.3, 0.4) is 0 Å². The highest BCUT2D eigenvalue weighted by atomic mass is 14.8. The van der Waals surface area contributed by atoms with Gasteiger partial charge in [0.15, 0.2) is 0 Å². The normalized spacial score (nSPS) is 11.4. The molecule has 0 aliphatic heterocycles. The van der Waals surface area contributed by atoms with Crippen molar-refractivity contribution in [3.05, 3.63) is 71.4 Å². The van der Waals surface area contributed by atoms with E-state index in [1.165, 1.54) is 28.0 Å². The van der Waals surface area contributed by atoms with Gasteiger partial charge >= 0.3 is 0 Å². The lowest BCUT2D eigenvalue weighted by Gasteiger charge is -2.08. The molecule has 0 fully saturated rings. The van der Waals surface area contributed by atoms with Gasteiger partial charge in [-0.2, -0.15) is 0 Å². The lowest BCUT2D eigenvalue weighted by Crippen LogP contribution is -1.93. The Morgan fingerprint density at radius 3 is 2.44 bits per heavy atom. The van der Waals surface area contributed by atoms with Crippen molar-refractivity contribution in [1.29, 1.82) is 0 Å². The fraction of sp³-hybridized carbons (Fsp3) is 0.176. The molecule has 1 nitrogen and oxygen atoms in total. The van der Waals surface area contributed by atoms with Gasteiger partial charge in [-0.25, -0.2) is 0 Å². The number of benzene rings is 2. The monoisotopic (exact) mass is 237 g/mol. The predicted octanol–water partition coefficient (Wildman–Crippen LogP) is 4.78. The van der Waals surface area contributed by atoms with Crippen LogP contribution in [-0.2, 0) is 0 Å². The molecule has 0 unspecified atom stereocenters. The van der Waals surface area contributed by atoms with Crippen LogP contribution >= 0.6 is 0 Å². The molecule has 0 spiro atoms. The molecular formula is C17H19N. The first kappa shape index (κ1) is 12.4. The highest BCUT2D eigenvalue weighted by molar-refractivity contribution is 5.67. The van der Waals surface area contributed by atoms with Gasteiger partial charge in [0.25, 0.3) is 0 Å². The Balaban J connectivity index is 2.18. The number of rotatable bonds is 3. The smallest absolute Gasteiger partial charge is 0.0412 e. The topological polar surface area (TPSA) is 12.0 Å². The van der Waals surface area contributed by atoms with Gasteiger partial charge in [-0.3, -0.25) is 0 Å². The number of anilines is 1. The van der Waals surface area contributed by atoms with Gasteiger partial charge in [0.2, 0.25) is 0 Å². The molecule has 2 rings (SSSR count). The second kappa shape index (κ2) is 5.54. The molecule has 2 aromatic carbocycles. The van der Waals surface area contributed by atoms with Crippen LogP contribution in [0.4, 0.5) is 5.69 Å². The van der Waals surface area contributed by atoms with E-state index in [9.17, 15) is 0 Å². The summed E-state index contributed by atoms with van der Waals surface area (Å²) in [5, 5.41) is 3.39. The van der Waals surface area contributed by atoms with E-state index in [0.717, 1.165) is 0 Å². The van der Waals surface area contributed by atoms with E-state index in [1.807, 2.05) is 6.07 Å². The van der Waals surface area contributed by atoms with Gasteiger partial charge in [0.05, 0.1) is 0 Å². The first-order valence-electron chi connectivity index (χ1n) is 6.23. The summed E-state index contributed by atoms with van der Waals surface area (Å²) in [7, 11) is 0. The van der Waals surface area contributed by atoms with Crippen molar-refractivity contribution in [3.8, 4) is 0 Å². The van der Waals surface area contributed by atoms with Crippen molar-refractivity contribution in [3.63, 3.8) is 0 Å². The highest BCUT2D eigenvalue weighted by Crippen LogP contribution is 2.18. The molecule has 0 aliphatic rings. The van der Waals surface area contributed by atoms with E-state index in [0.29, 0.717) is 0 Å². The Bertz CT molecular complexity index is 553. The highest BCUT2D eigenvalue weighted by Gasteiger charge is 1.97. The molecule has 0 amide bonds. The number of aryl methyl sites for hydroxylation is 2. The van der Waals surface area contributed by atoms with E-state index < -0.39 is 0 Å². The molecule has 18 heavy (non-hydrogen) atoms. The number of allylic oxidation sites excluding steroid dienone is 1. The van der Waals surface area contributed by atoms with E-state index in [-0.39, 0.29) is 0 Å².